The van der Waals surface area contributed by atoms with E-state index in [0.717, 1.165) is 0 Å². The molecule has 3 aromatic rings. The largest absolute Gasteiger partial charge is 0.460 e. The molecule has 1 aliphatic rings. The fourth-order valence-corrected chi connectivity index (χ4v) is 5.47. The van der Waals surface area contributed by atoms with Crippen LogP contribution in [0.15, 0.2) is 84.0 Å². The second-order valence-electron chi connectivity index (χ2n) is 12.5. The summed E-state index contributed by atoms with van der Waals surface area (Å²) in [5.41, 5.74) is 0.506. The minimum absolute atomic E-state index is 0.163. The highest BCUT2D eigenvalue weighted by atomic mass is 19.4. The van der Waals surface area contributed by atoms with Gasteiger partial charge in [-0.05, 0) is 58.2 Å². The molecule has 0 saturated carbocycles. The van der Waals surface area contributed by atoms with Crippen LogP contribution < -0.4 is 10.2 Å². The standard InChI is InChI=1S/C35H36F6N4O4/c1-33(2,3)49-32(48)24(15-11-19-34(36,37)38)23(18-20-35(39,40)41)30(46)44-29-31(47)45(27-17-9-10-21-42-27)26-16-8-7-14-25(26)28(43-29)22-12-5-4-6-13-22/h4-10,12-14,16-17,21,23-24,29H,11,15,18-20H2,1-3H3,(H,44,46). The summed E-state index contributed by atoms with van der Waals surface area (Å²) in [7, 11) is 0. The van der Waals surface area contributed by atoms with Gasteiger partial charge >= 0.3 is 18.3 Å². The van der Waals surface area contributed by atoms with Crippen molar-refractivity contribution in [3.63, 3.8) is 0 Å². The number of aromatic nitrogens is 1. The van der Waals surface area contributed by atoms with E-state index in [9.17, 15) is 40.7 Å². The lowest BCUT2D eigenvalue weighted by molar-refractivity contribution is -0.168. The maximum absolute atomic E-state index is 14.3. The number of pyridine rings is 1. The molecule has 14 heteroatoms. The Morgan fingerprint density at radius 2 is 1.47 bits per heavy atom. The zero-order chi connectivity index (χ0) is 36.0. The van der Waals surface area contributed by atoms with E-state index in [1.807, 2.05) is 0 Å². The van der Waals surface area contributed by atoms with Gasteiger partial charge in [0.25, 0.3) is 5.91 Å². The van der Waals surface area contributed by atoms with E-state index in [1.54, 1.807) is 72.8 Å². The second kappa shape index (κ2) is 15.2. The number of benzodiazepines with no additional fused rings is 1. The van der Waals surface area contributed by atoms with Crippen molar-refractivity contribution in [3.8, 4) is 0 Å². The molecule has 3 atom stereocenters. The summed E-state index contributed by atoms with van der Waals surface area (Å²) in [6, 6.07) is 20.2. The number of ether oxygens (including phenoxy) is 1. The van der Waals surface area contributed by atoms with E-state index in [4.69, 9.17) is 4.74 Å². The average Bonchev–Trinajstić information content (AvgIpc) is 3.13. The molecule has 2 heterocycles. The Morgan fingerprint density at radius 3 is 2.08 bits per heavy atom. The molecule has 0 radical (unpaired) electrons. The molecular weight excluding hydrogens is 654 g/mol. The SMILES string of the molecule is CC(C)(C)OC(=O)C(CCCC(F)(F)F)C(CCC(F)(F)F)C(=O)NC1N=C(c2ccccc2)c2ccccc2N(c2ccccn2)C1=O. The highest BCUT2D eigenvalue weighted by Gasteiger charge is 2.42. The van der Waals surface area contributed by atoms with Crippen LogP contribution in [0.2, 0.25) is 0 Å². The number of rotatable bonds is 11. The van der Waals surface area contributed by atoms with Crippen molar-refractivity contribution >= 4 is 35.0 Å². The molecule has 4 rings (SSSR count). The maximum Gasteiger partial charge on any atom is 0.389 e. The van der Waals surface area contributed by atoms with Gasteiger partial charge in [0.1, 0.15) is 11.4 Å². The number of halogens is 6. The van der Waals surface area contributed by atoms with Crippen LogP contribution in [0, 0.1) is 11.8 Å². The number of esters is 1. The number of amides is 2. The van der Waals surface area contributed by atoms with Crippen LogP contribution in [0.4, 0.5) is 37.8 Å². The second-order valence-corrected chi connectivity index (χ2v) is 12.5. The van der Waals surface area contributed by atoms with Crippen molar-refractivity contribution in [2.75, 3.05) is 4.90 Å². The lowest BCUT2D eigenvalue weighted by Gasteiger charge is -2.30. The van der Waals surface area contributed by atoms with Crippen LogP contribution in [0.3, 0.4) is 0 Å². The monoisotopic (exact) mass is 690 g/mol. The fraction of sp³-hybridized carbons (Fsp3) is 0.400. The summed E-state index contributed by atoms with van der Waals surface area (Å²) in [6.07, 6.45) is -14.7. The number of nitrogens with one attached hydrogen (secondary N) is 1. The maximum atomic E-state index is 14.3. The summed E-state index contributed by atoms with van der Waals surface area (Å²) < 4.78 is 85.3. The number of alkyl halides is 6. The summed E-state index contributed by atoms with van der Waals surface area (Å²) in [5.74, 6) is -6.45. The van der Waals surface area contributed by atoms with Gasteiger partial charge < -0.3 is 10.1 Å². The molecule has 1 aliphatic heterocycles. The predicted octanol–water partition coefficient (Wildman–Crippen LogP) is 7.69. The van der Waals surface area contributed by atoms with Gasteiger partial charge in [0, 0.05) is 30.2 Å². The van der Waals surface area contributed by atoms with Gasteiger partial charge in [-0.15, -0.1) is 0 Å². The minimum atomic E-state index is -4.77. The van der Waals surface area contributed by atoms with Gasteiger partial charge in [0.05, 0.1) is 23.2 Å². The third kappa shape index (κ3) is 10.4. The smallest absolute Gasteiger partial charge is 0.389 e. The first-order chi connectivity index (χ1) is 22.9. The number of benzene rings is 2. The summed E-state index contributed by atoms with van der Waals surface area (Å²) in [5, 5.41) is 2.44. The molecule has 3 unspecified atom stereocenters. The van der Waals surface area contributed by atoms with Crippen molar-refractivity contribution in [2.24, 2.45) is 16.8 Å². The first-order valence-corrected chi connectivity index (χ1v) is 15.6. The van der Waals surface area contributed by atoms with Crippen molar-refractivity contribution in [2.45, 2.75) is 77.0 Å². The zero-order valence-corrected chi connectivity index (χ0v) is 27.0. The first-order valence-electron chi connectivity index (χ1n) is 15.6. The normalized spacial score (nSPS) is 16.6. The number of nitrogens with zero attached hydrogens (tertiary/aromatic N) is 3. The lowest BCUT2D eigenvalue weighted by atomic mass is 9.83. The molecule has 49 heavy (non-hydrogen) atoms. The third-order valence-electron chi connectivity index (χ3n) is 7.56. The van der Waals surface area contributed by atoms with E-state index >= 15 is 0 Å². The van der Waals surface area contributed by atoms with Gasteiger partial charge in [-0.25, -0.2) is 9.98 Å². The van der Waals surface area contributed by atoms with Crippen molar-refractivity contribution in [1.82, 2.24) is 10.3 Å². The molecule has 0 spiro atoms. The number of carbonyl (C=O) groups is 3. The Hall–Kier alpha value is -4.75. The number of hydrogen-bond acceptors (Lipinski definition) is 6. The third-order valence-corrected chi connectivity index (χ3v) is 7.56. The summed E-state index contributed by atoms with van der Waals surface area (Å²) >= 11 is 0. The number of fused-ring (bicyclic) bond motifs is 1. The van der Waals surface area contributed by atoms with Crippen molar-refractivity contribution in [1.29, 1.82) is 0 Å². The molecule has 262 valence electrons. The number of para-hydroxylation sites is 1. The minimum Gasteiger partial charge on any atom is -0.460 e. The van der Waals surface area contributed by atoms with Crippen LogP contribution in [-0.2, 0) is 19.1 Å². The molecule has 1 N–H and O–H groups in total. The first kappa shape index (κ1) is 37.1. The van der Waals surface area contributed by atoms with Gasteiger partial charge in [-0.3, -0.25) is 19.3 Å². The Labute approximate surface area is 279 Å². The quantitative estimate of drug-likeness (QED) is 0.164. The number of hydrogen-bond donors (Lipinski definition) is 1. The average molecular weight is 691 g/mol. The van der Waals surface area contributed by atoms with E-state index in [-0.39, 0.29) is 11.5 Å². The van der Waals surface area contributed by atoms with Crippen molar-refractivity contribution < 1.29 is 45.5 Å². The fourth-order valence-electron chi connectivity index (χ4n) is 5.47. The highest BCUT2D eigenvalue weighted by Crippen LogP contribution is 2.35. The highest BCUT2D eigenvalue weighted by molar-refractivity contribution is 6.21. The molecule has 0 bridgehead atoms. The summed E-state index contributed by atoms with van der Waals surface area (Å²) in [6.45, 7) is 4.45. The molecule has 2 aromatic carbocycles. The van der Waals surface area contributed by atoms with E-state index in [0.29, 0.717) is 16.8 Å². The molecule has 8 nitrogen and oxygen atoms in total. The van der Waals surface area contributed by atoms with Gasteiger partial charge in [0.15, 0.2) is 0 Å². The Balaban J connectivity index is 1.80. The van der Waals surface area contributed by atoms with Gasteiger partial charge in [0.2, 0.25) is 12.1 Å². The Morgan fingerprint density at radius 1 is 0.837 bits per heavy atom. The van der Waals surface area contributed by atoms with Crippen LogP contribution >= 0.6 is 0 Å². The molecular formula is C35H36F6N4O4. The van der Waals surface area contributed by atoms with Gasteiger partial charge in [-0.1, -0.05) is 54.6 Å². The molecule has 0 fully saturated rings. The lowest BCUT2D eigenvalue weighted by Crippen LogP contribution is -2.50. The van der Waals surface area contributed by atoms with Crippen LogP contribution in [0.25, 0.3) is 0 Å². The zero-order valence-electron chi connectivity index (χ0n) is 27.0. The predicted molar refractivity (Wildman–Crippen MR) is 170 cm³/mol. The van der Waals surface area contributed by atoms with Gasteiger partial charge in [-0.2, -0.15) is 26.3 Å². The van der Waals surface area contributed by atoms with E-state index in [2.05, 4.69) is 15.3 Å². The topological polar surface area (TPSA) is 101 Å². The molecule has 1 aromatic heterocycles. The van der Waals surface area contributed by atoms with Crippen LogP contribution in [0.1, 0.15) is 64.0 Å². The summed E-state index contributed by atoms with van der Waals surface area (Å²) in [4.78, 5) is 51.8. The van der Waals surface area contributed by atoms with Crippen molar-refractivity contribution in [3.05, 3.63) is 90.1 Å². The number of aliphatic imine (C=N–C) groups is 1. The number of anilines is 2. The molecule has 2 amide bonds. The Bertz CT molecular complexity index is 1640. The molecule has 0 saturated heterocycles. The van der Waals surface area contributed by atoms with Crippen LogP contribution in [0.5, 0.6) is 0 Å². The molecule has 0 aliphatic carbocycles. The van der Waals surface area contributed by atoms with Crippen LogP contribution in [-0.4, -0.2) is 52.6 Å². The van der Waals surface area contributed by atoms with E-state index in [1.165, 1.54) is 31.9 Å². The Kier molecular flexibility index (Phi) is 11.5. The number of carbonyl (C=O) groups excluding carboxylic acids is 3. The van der Waals surface area contributed by atoms with E-state index < -0.39 is 85.8 Å².